The predicted molar refractivity (Wildman–Crippen MR) is 125 cm³/mol. The number of hydrogen-bond acceptors (Lipinski definition) is 5. The topological polar surface area (TPSA) is 55.8 Å². The fourth-order valence-corrected chi connectivity index (χ4v) is 5.09. The van der Waals surface area contributed by atoms with E-state index in [1.807, 2.05) is 18.2 Å². The number of thioether (sulfide) groups is 1. The number of carbonyl (C=O) groups is 2. The summed E-state index contributed by atoms with van der Waals surface area (Å²) in [4.78, 5) is 27.9. The van der Waals surface area contributed by atoms with Gasteiger partial charge in [-0.2, -0.15) is 0 Å². The van der Waals surface area contributed by atoms with Gasteiger partial charge in [0, 0.05) is 21.9 Å². The Bertz CT molecular complexity index is 903. The van der Waals surface area contributed by atoms with Gasteiger partial charge in [-0.15, -0.1) is 11.8 Å². The van der Waals surface area contributed by atoms with E-state index in [2.05, 4.69) is 6.92 Å². The van der Waals surface area contributed by atoms with E-state index >= 15 is 0 Å². The van der Waals surface area contributed by atoms with E-state index in [-0.39, 0.29) is 17.4 Å². The fourth-order valence-electron chi connectivity index (χ4n) is 3.34. The molecule has 2 atom stereocenters. The quantitative estimate of drug-likeness (QED) is 0.371. The van der Waals surface area contributed by atoms with E-state index in [1.54, 1.807) is 49.1 Å². The number of unbranched alkanes of at least 4 members (excludes halogenated alkanes) is 1. The second kappa shape index (κ2) is 10.9. The van der Waals surface area contributed by atoms with Crippen molar-refractivity contribution in [1.82, 2.24) is 4.90 Å². The van der Waals surface area contributed by atoms with Crippen LogP contribution >= 0.6 is 23.4 Å². The van der Waals surface area contributed by atoms with Gasteiger partial charge >= 0.3 is 5.97 Å². The minimum Gasteiger partial charge on any atom is -0.494 e. The van der Waals surface area contributed by atoms with Gasteiger partial charge in [0.15, 0.2) is 0 Å². The maximum absolute atomic E-state index is 13.5. The lowest BCUT2D eigenvalue weighted by molar-refractivity contribution is -0.151. The Morgan fingerprint density at radius 1 is 1.16 bits per heavy atom. The van der Waals surface area contributed by atoms with Gasteiger partial charge in [0.05, 0.1) is 12.7 Å². The van der Waals surface area contributed by atoms with Crippen LogP contribution in [0, 0.1) is 0 Å². The number of hydrogen-bond donors (Lipinski definition) is 0. The number of benzene rings is 2. The highest BCUT2D eigenvalue weighted by Crippen LogP contribution is 2.44. The summed E-state index contributed by atoms with van der Waals surface area (Å²) in [7, 11) is 0. The van der Waals surface area contributed by atoms with E-state index < -0.39 is 12.0 Å². The number of rotatable bonds is 8. The van der Waals surface area contributed by atoms with Crippen LogP contribution in [0.2, 0.25) is 5.02 Å². The summed E-state index contributed by atoms with van der Waals surface area (Å²) in [5, 5.41) is 0.196. The maximum Gasteiger partial charge on any atom is 0.330 e. The molecule has 2 aromatic rings. The van der Waals surface area contributed by atoms with Gasteiger partial charge in [-0.25, -0.2) is 4.79 Å². The van der Waals surface area contributed by atoms with Crippen LogP contribution in [-0.4, -0.2) is 41.3 Å². The van der Waals surface area contributed by atoms with Gasteiger partial charge in [0.1, 0.15) is 17.2 Å². The number of amides is 1. The molecule has 1 heterocycles. The summed E-state index contributed by atoms with van der Waals surface area (Å²) in [6.07, 6.45) is 1.78. The number of carbonyl (C=O) groups excluding carboxylic acids is 2. The maximum atomic E-state index is 13.5. The molecule has 0 aromatic heterocycles. The summed E-state index contributed by atoms with van der Waals surface area (Å²) in [5.74, 6) is 0.538. The molecule has 0 N–H and O–H groups in total. The highest BCUT2D eigenvalue weighted by atomic mass is 35.5. The smallest absolute Gasteiger partial charge is 0.330 e. The number of ether oxygens (including phenoxy) is 2. The number of esters is 1. The summed E-state index contributed by atoms with van der Waals surface area (Å²) >= 11 is 7.95. The average Bonchev–Trinajstić information content (AvgIpc) is 3.19. The van der Waals surface area contributed by atoms with Crippen molar-refractivity contribution in [3.05, 3.63) is 64.7 Å². The highest BCUT2D eigenvalue weighted by molar-refractivity contribution is 7.99. The average molecular weight is 462 g/mol. The molecule has 1 aliphatic heterocycles. The monoisotopic (exact) mass is 461 g/mol. The Labute approximate surface area is 193 Å². The lowest BCUT2D eigenvalue weighted by atomic mass is 10.1. The van der Waals surface area contributed by atoms with Crippen LogP contribution < -0.4 is 4.74 Å². The molecule has 1 fully saturated rings. The van der Waals surface area contributed by atoms with E-state index in [0.717, 1.165) is 24.2 Å². The zero-order chi connectivity index (χ0) is 22.4. The molecule has 0 bridgehead atoms. The first-order valence-electron chi connectivity index (χ1n) is 10.5. The van der Waals surface area contributed by atoms with Crippen LogP contribution in [0.15, 0.2) is 48.5 Å². The third-order valence-electron chi connectivity index (χ3n) is 4.90. The summed E-state index contributed by atoms with van der Waals surface area (Å²) in [6.45, 7) is 6.35. The molecule has 5 nitrogen and oxygen atoms in total. The van der Waals surface area contributed by atoms with Crippen molar-refractivity contribution >= 4 is 35.2 Å². The summed E-state index contributed by atoms with van der Waals surface area (Å²) in [5.41, 5.74) is 1.30. The fraction of sp³-hybridized carbons (Fsp3) is 0.417. The van der Waals surface area contributed by atoms with E-state index in [9.17, 15) is 9.59 Å². The van der Waals surface area contributed by atoms with Gasteiger partial charge in [0.2, 0.25) is 0 Å². The molecule has 2 aromatic carbocycles. The summed E-state index contributed by atoms with van der Waals surface area (Å²) < 4.78 is 11.1. The Kier molecular flexibility index (Phi) is 8.27. The van der Waals surface area contributed by atoms with Crippen molar-refractivity contribution in [1.29, 1.82) is 0 Å². The van der Waals surface area contributed by atoms with Gasteiger partial charge in [-0.05, 0) is 50.6 Å². The lowest BCUT2D eigenvalue weighted by Gasteiger charge is -2.29. The molecular formula is C24H28ClNO4S. The first-order valence-corrected chi connectivity index (χ1v) is 12.0. The zero-order valence-electron chi connectivity index (χ0n) is 18.0. The zero-order valence-corrected chi connectivity index (χ0v) is 19.6. The lowest BCUT2D eigenvalue weighted by Crippen LogP contribution is -2.44. The van der Waals surface area contributed by atoms with Gasteiger partial charge < -0.3 is 14.4 Å². The Morgan fingerprint density at radius 3 is 2.52 bits per heavy atom. The van der Waals surface area contributed by atoms with Gasteiger partial charge in [-0.3, -0.25) is 4.79 Å². The second-order valence-electron chi connectivity index (χ2n) is 7.65. The molecule has 2 unspecified atom stereocenters. The third-order valence-corrected chi connectivity index (χ3v) is 6.55. The van der Waals surface area contributed by atoms with Crippen molar-refractivity contribution in [3.8, 4) is 5.75 Å². The molecular weight excluding hydrogens is 434 g/mol. The first kappa shape index (κ1) is 23.5. The molecule has 1 saturated heterocycles. The Balaban J connectivity index is 1.88. The normalized spacial score (nSPS) is 18.3. The molecule has 166 valence electrons. The summed E-state index contributed by atoms with van der Waals surface area (Å²) in [6, 6.07) is 13.8. The Morgan fingerprint density at radius 2 is 1.87 bits per heavy atom. The van der Waals surface area contributed by atoms with E-state index in [1.165, 1.54) is 11.8 Å². The third kappa shape index (κ3) is 5.74. The molecule has 0 aliphatic carbocycles. The predicted octanol–water partition coefficient (Wildman–Crippen LogP) is 5.73. The van der Waals surface area contributed by atoms with Crippen molar-refractivity contribution in [2.24, 2.45) is 0 Å². The minimum absolute atomic E-state index is 0.235. The van der Waals surface area contributed by atoms with Crippen LogP contribution in [0.4, 0.5) is 0 Å². The van der Waals surface area contributed by atoms with E-state index in [4.69, 9.17) is 21.1 Å². The van der Waals surface area contributed by atoms with Crippen molar-refractivity contribution in [3.63, 3.8) is 0 Å². The van der Waals surface area contributed by atoms with E-state index in [0.29, 0.717) is 22.9 Å². The molecule has 0 radical (unpaired) electrons. The highest BCUT2D eigenvalue weighted by Gasteiger charge is 2.44. The number of nitrogens with zero attached hydrogens (tertiary/aromatic N) is 1. The SMILES string of the molecule is CCCCOc1ccc(C(=O)N2C(C(=O)OC(C)C)CSC2c2ccccc2Cl)cc1. The van der Waals surface area contributed by atoms with Crippen molar-refractivity contribution in [2.45, 2.75) is 51.1 Å². The molecule has 0 spiro atoms. The molecule has 0 saturated carbocycles. The van der Waals surface area contributed by atoms with Crippen molar-refractivity contribution < 1.29 is 19.1 Å². The molecule has 31 heavy (non-hydrogen) atoms. The van der Waals surface area contributed by atoms with Crippen molar-refractivity contribution in [2.75, 3.05) is 12.4 Å². The van der Waals surface area contributed by atoms with Crippen LogP contribution in [0.5, 0.6) is 5.75 Å². The second-order valence-corrected chi connectivity index (χ2v) is 9.17. The standard InChI is InChI=1S/C24H28ClNO4S/c1-4-5-14-29-18-12-10-17(11-13-18)22(27)26-21(24(28)30-16(2)3)15-31-23(26)19-8-6-7-9-20(19)25/h6-13,16,21,23H,4-5,14-15H2,1-3H3. The van der Waals surface area contributed by atoms with Gasteiger partial charge in [0.25, 0.3) is 5.91 Å². The molecule has 1 aliphatic rings. The van der Waals surface area contributed by atoms with Crippen LogP contribution in [-0.2, 0) is 9.53 Å². The molecule has 7 heteroatoms. The largest absolute Gasteiger partial charge is 0.494 e. The minimum atomic E-state index is -0.679. The molecule has 3 rings (SSSR count). The Hall–Kier alpha value is -2.18. The number of halogens is 1. The van der Waals surface area contributed by atoms with Crippen LogP contribution in [0.1, 0.15) is 54.9 Å². The molecule has 1 amide bonds. The van der Waals surface area contributed by atoms with Gasteiger partial charge in [-0.1, -0.05) is 43.1 Å². The first-order chi connectivity index (χ1) is 14.9. The van der Waals surface area contributed by atoms with Crippen LogP contribution in [0.3, 0.4) is 0 Å². The van der Waals surface area contributed by atoms with Crippen LogP contribution in [0.25, 0.3) is 0 Å².